The lowest BCUT2D eigenvalue weighted by Crippen LogP contribution is -2.48. The third-order valence-electron chi connectivity index (χ3n) is 7.10. The molecule has 0 radical (unpaired) electrons. The summed E-state index contributed by atoms with van der Waals surface area (Å²) in [5.41, 5.74) is 8.23. The number of hydrogen-bond acceptors (Lipinski definition) is 8. The first-order valence-electron chi connectivity index (χ1n) is 12.9. The predicted molar refractivity (Wildman–Crippen MR) is 149 cm³/mol. The number of alkyl halides is 2. The first kappa shape index (κ1) is 27.8. The van der Waals surface area contributed by atoms with Crippen LogP contribution in [0, 0.1) is 29.6 Å². The molecule has 3 heterocycles. The van der Waals surface area contributed by atoms with Gasteiger partial charge in [-0.2, -0.15) is 9.65 Å². The quantitative estimate of drug-likeness (QED) is 0.238. The van der Waals surface area contributed by atoms with Gasteiger partial charge in [0.05, 0.1) is 33.5 Å². The number of nitriles is 1. The highest BCUT2D eigenvalue weighted by atomic mass is 35.5. The van der Waals surface area contributed by atoms with E-state index in [1.807, 2.05) is 6.07 Å². The van der Waals surface area contributed by atoms with E-state index < -0.39 is 24.0 Å². The van der Waals surface area contributed by atoms with Gasteiger partial charge in [-0.25, -0.2) is 13.8 Å². The predicted octanol–water partition coefficient (Wildman–Crippen LogP) is 6.18. The summed E-state index contributed by atoms with van der Waals surface area (Å²) in [7, 11) is 0. The lowest BCUT2D eigenvalue weighted by Gasteiger charge is -2.25. The Kier molecular flexibility index (Phi) is 7.18. The summed E-state index contributed by atoms with van der Waals surface area (Å²) < 4.78 is 41.5. The van der Waals surface area contributed by atoms with Gasteiger partial charge in [0, 0.05) is 41.3 Å². The highest BCUT2D eigenvalue weighted by Gasteiger charge is 2.56. The Morgan fingerprint density at radius 1 is 1.25 bits per heavy atom. The number of benzene rings is 1. The molecule has 8 nitrogen and oxygen atoms in total. The van der Waals surface area contributed by atoms with Gasteiger partial charge in [0.2, 0.25) is 5.95 Å². The molecule has 1 aliphatic carbocycles. The van der Waals surface area contributed by atoms with Crippen LogP contribution in [0.3, 0.4) is 0 Å². The monoisotopic (exact) mass is 570 g/mol. The van der Waals surface area contributed by atoms with Crippen molar-refractivity contribution in [3.63, 3.8) is 0 Å². The van der Waals surface area contributed by atoms with Crippen LogP contribution in [0.2, 0.25) is 5.02 Å². The second kappa shape index (κ2) is 10.3. The summed E-state index contributed by atoms with van der Waals surface area (Å²) in [6.07, 6.45) is 1.29. The number of nitrogens with one attached hydrogen (secondary N) is 4. The van der Waals surface area contributed by atoms with Crippen LogP contribution in [0.5, 0.6) is 0 Å². The van der Waals surface area contributed by atoms with Gasteiger partial charge in [0.15, 0.2) is 0 Å². The van der Waals surface area contributed by atoms with Crippen molar-refractivity contribution in [2.24, 2.45) is 5.41 Å². The highest BCUT2D eigenvalue weighted by molar-refractivity contribution is 6.35. The fourth-order valence-electron chi connectivity index (χ4n) is 4.71. The van der Waals surface area contributed by atoms with Crippen molar-refractivity contribution >= 4 is 33.9 Å². The number of fused-ring (bicyclic) bond motifs is 1. The second-order valence-corrected chi connectivity index (χ2v) is 11.8. The Balaban J connectivity index is 1.58. The molecule has 2 aliphatic rings. The standard InChI is InChI=1S/C28H30ClF3N8/c1-15-18(5-6-22(30)36-15)25(21-13-40(39-38-21)28(7-8-28)26(31)32)37-17-9-19-23(35-14-27(2,3)4)16(11-33)12-34-24(19)20(29)10-17/h5-6,9-10,12-13,25-26,37-39H,7-8,14H2,1-4H3,(H,34,35). The summed E-state index contributed by atoms with van der Waals surface area (Å²) in [6.45, 7) is 8.53. The first-order chi connectivity index (χ1) is 18.9. The fraction of sp³-hybridized carbons (Fsp3) is 0.393. The molecule has 0 bridgehead atoms. The summed E-state index contributed by atoms with van der Waals surface area (Å²) in [5, 5.41) is 19.0. The Morgan fingerprint density at radius 3 is 2.62 bits per heavy atom. The molecule has 0 amide bonds. The molecule has 5 rings (SSSR count). The minimum Gasteiger partial charge on any atom is -0.383 e. The number of rotatable bonds is 8. The highest BCUT2D eigenvalue weighted by Crippen LogP contribution is 2.47. The largest absolute Gasteiger partial charge is 0.383 e. The number of aryl methyl sites for hydroxylation is 1. The van der Waals surface area contributed by atoms with E-state index in [-0.39, 0.29) is 5.41 Å². The lowest BCUT2D eigenvalue weighted by atomic mass is 9.96. The number of anilines is 2. The molecule has 1 atom stereocenters. The van der Waals surface area contributed by atoms with Gasteiger partial charge in [-0.05, 0) is 43.4 Å². The number of nitrogens with zero attached hydrogens (tertiary/aromatic N) is 4. The molecule has 3 aromatic rings. The van der Waals surface area contributed by atoms with Gasteiger partial charge in [0.1, 0.15) is 11.6 Å². The maximum atomic E-state index is 13.9. The van der Waals surface area contributed by atoms with Crippen molar-refractivity contribution in [2.45, 2.75) is 58.5 Å². The van der Waals surface area contributed by atoms with Crippen molar-refractivity contribution in [1.82, 2.24) is 25.9 Å². The van der Waals surface area contributed by atoms with Crippen LogP contribution in [0.4, 0.5) is 24.5 Å². The molecule has 0 spiro atoms. The SMILES string of the molecule is Cc1nc(F)ccc1C(Nc1cc(Cl)c2ncc(C#N)c(NCC(C)(C)C)c2c1)C1=CN(C2(C(F)F)CC2)NN1. The average Bonchev–Trinajstić information content (AvgIpc) is 3.56. The fourth-order valence-corrected chi connectivity index (χ4v) is 4.98. The Bertz CT molecular complexity index is 1520. The molecular weight excluding hydrogens is 541 g/mol. The van der Waals surface area contributed by atoms with Gasteiger partial charge in [-0.3, -0.25) is 9.99 Å². The number of hydrogen-bond donors (Lipinski definition) is 4. The third-order valence-corrected chi connectivity index (χ3v) is 7.39. The zero-order valence-electron chi connectivity index (χ0n) is 22.5. The van der Waals surface area contributed by atoms with Gasteiger partial charge in [-0.15, -0.1) is 5.53 Å². The maximum absolute atomic E-state index is 13.9. The normalized spacial score (nSPS) is 16.9. The number of halogens is 4. The van der Waals surface area contributed by atoms with Gasteiger partial charge in [0.25, 0.3) is 6.43 Å². The van der Waals surface area contributed by atoms with E-state index in [0.717, 1.165) is 0 Å². The Morgan fingerprint density at radius 2 is 2.00 bits per heavy atom. The molecule has 40 heavy (non-hydrogen) atoms. The first-order valence-corrected chi connectivity index (χ1v) is 13.3. The van der Waals surface area contributed by atoms with E-state index >= 15 is 0 Å². The Labute approximate surface area is 235 Å². The smallest absolute Gasteiger partial charge is 0.262 e. The second-order valence-electron chi connectivity index (χ2n) is 11.4. The van der Waals surface area contributed by atoms with Crippen LogP contribution in [0.25, 0.3) is 10.9 Å². The van der Waals surface area contributed by atoms with Crippen LogP contribution in [0.15, 0.2) is 42.4 Å². The summed E-state index contributed by atoms with van der Waals surface area (Å²) in [4.78, 5) is 8.38. The minimum atomic E-state index is -2.53. The van der Waals surface area contributed by atoms with E-state index in [2.05, 4.69) is 58.4 Å². The van der Waals surface area contributed by atoms with Crippen molar-refractivity contribution in [3.8, 4) is 6.07 Å². The van der Waals surface area contributed by atoms with Crippen LogP contribution >= 0.6 is 11.6 Å². The molecule has 1 unspecified atom stereocenters. The van der Waals surface area contributed by atoms with Crippen LogP contribution in [-0.2, 0) is 0 Å². The van der Waals surface area contributed by atoms with Gasteiger partial charge in [-0.1, -0.05) is 38.4 Å². The maximum Gasteiger partial charge on any atom is 0.262 e. The summed E-state index contributed by atoms with van der Waals surface area (Å²) in [6, 6.07) is 7.96. The molecule has 1 aliphatic heterocycles. The van der Waals surface area contributed by atoms with E-state index in [0.29, 0.717) is 69.2 Å². The van der Waals surface area contributed by atoms with E-state index in [1.165, 1.54) is 17.3 Å². The minimum absolute atomic E-state index is 0.0587. The zero-order valence-corrected chi connectivity index (χ0v) is 23.3. The molecule has 12 heteroatoms. The molecule has 210 valence electrons. The molecular formula is C28H30ClF3N8. The number of aromatic nitrogens is 2. The van der Waals surface area contributed by atoms with E-state index in [1.54, 1.807) is 25.3 Å². The molecule has 1 saturated carbocycles. The van der Waals surface area contributed by atoms with Crippen LogP contribution in [0.1, 0.15) is 56.5 Å². The summed E-state index contributed by atoms with van der Waals surface area (Å²) in [5.74, 6) is -0.624. The zero-order chi connectivity index (χ0) is 28.8. The topological polar surface area (TPSA) is 101 Å². The van der Waals surface area contributed by atoms with Crippen molar-refractivity contribution in [2.75, 3.05) is 17.2 Å². The van der Waals surface area contributed by atoms with Gasteiger partial charge >= 0.3 is 0 Å². The third kappa shape index (κ3) is 5.33. The van der Waals surface area contributed by atoms with E-state index in [4.69, 9.17) is 11.6 Å². The molecule has 1 fully saturated rings. The number of pyridine rings is 2. The lowest BCUT2D eigenvalue weighted by molar-refractivity contribution is 0.00911. The van der Waals surface area contributed by atoms with Crippen molar-refractivity contribution in [1.29, 1.82) is 5.26 Å². The van der Waals surface area contributed by atoms with Gasteiger partial charge < -0.3 is 16.1 Å². The molecule has 2 aromatic heterocycles. The Hall–Kier alpha value is -3.75. The van der Waals surface area contributed by atoms with Crippen molar-refractivity contribution in [3.05, 3.63) is 70.2 Å². The molecule has 1 aromatic carbocycles. The molecule has 4 N–H and O–H groups in total. The van der Waals surface area contributed by atoms with Crippen molar-refractivity contribution < 1.29 is 13.2 Å². The average molecular weight is 571 g/mol. The summed E-state index contributed by atoms with van der Waals surface area (Å²) >= 11 is 6.68. The van der Waals surface area contributed by atoms with Crippen LogP contribution < -0.4 is 21.6 Å². The van der Waals surface area contributed by atoms with E-state index in [9.17, 15) is 18.4 Å². The van der Waals surface area contributed by atoms with Crippen LogP contribution in [-0.4, -0.2) is 33.5 Å². The molecule has 0 saturated heterocycles. The number of hydrazine groups is 2.